The Balaban J connectivity index is 1.69. The summed E-state index contributed by atoms with van der Waals surface area (Å²) in [5.41, 5.74) is 0. The molecule has 0 unspecified atom stereocenters. The highest BCUT2D eigenvalue weighted by molar-refractivity contribution is 9.10. The topological polar surface area (TPSA) is 54.4 Å². The van der Waals surface area contributed by atoms with Crippen LogP contribution in [0, 0.1) is 0 Å². The largest absolute Gasteiger partial charge is 0.480 e. The number of thiazole rings is 1. The van der Waals surface area contributed by atoms with Crippen molar-refractivity contribution >= 4 is 38.3 Å². The van der Waals surface area contributed by atoms with Crippen LogP contribution < -0.4 is 14.5 Å². The molecule has 8 heteroatoms. The van der Waals surface area contributed by atoms with Gasteiger partial charge < -0.3 is 14.5 Å². The maximum absolute atomic E-state index is 5.21. The molecular weight excluding hydrogens is 342 g/mol. The number of aromatic nitrogens is 3. The lowest BCUT2D eigenvalue weighted by Crippen LogP contribution is -2.47. The molecule has 0 saturated carbocycles. The third kappa shape index (κ3) is 2.71. The normalized spacial score (nSPS) is 15.5. The fourth-order valence-electron chi connectivity index (χ4n) is 2.11. The molecule has 0 N–H and O–H groups in total. The zero-order chi connectivity index (χ0) is 13.9. The molecule has 1 saturated heterocycles. The van der Waals surface area contributed by atoms with Gasteiger partial charge in [0.05, 0.1) is 17.8 Å². The molecule has 1 aliphatic rings. The lowest BCUT2D eigenvalue weighted by Gasteiger charge is -2.34. The maximum Gasteiger partial charge on any atom is 0.232 e. The molecular formula is C12H14BrN5OS. The number of nitrogens with zero attached hydrogens (tertiary/aromatic N) is 5. The van der Waals surface area contributed by atoms with Gasteiger partial charge in [-0.25, -0.2) is 9.97 Å². The first-order valence-electron chi connectivity index (χ1n) is 6.24. The molecule has 0 spiro atoms. The molecule has 0 radical (unpaired) electrons. The van der Waals surface area contributed by atoms with Crippen LogP contribution in [-0.2, 0) is 0 Å². The Bertz CT molecular complexity index is 571. The highest BCUT2D eigenvalue weighted by Crippen LogP contribution is 2.25. The standard InChI is InChI=1S/C12H14BrN5OS/c1-19-10-9(13)8-15-11(16-10)17-3-5-18(6-4-17)12-14-2-7-20-12/h2,7-8H,3-6H2,1H3. The summed E-state index contributed by atoms with van der Waals surface area (Å²) in [4.78, 5) is 17.6. The van der Waals surface area contributed by atoms with E-state index in [4.69, 9.17) is 4.74 Å². The lowest BCUT2D eigenvalue weighted by atomic mass is 10.3. The van der Waals surface area contributed by atoms with Crippen LogP contribution in [0.1, 0.15) is 0 Å². The van der Waals surface area contributed by atoms with Gasteiger partial charge in [0.2, 0.25) is 11.8 Å². The molecule has 0 atom stereocenters. The SMILES string of the molecule is COc1nc(N2CCN(c3nccs3)CC2)ncc1Br. The van der Waals surface area contributed by atoms with E-state index in [1.54, 1.807) is 24.6 Å². The summed E-state index contributed by atoms with van der Waals surface area (Å²) >= 11 is 5.04. The first-order chi connectivity index (χ1) is 9.78. The smallest absolute Gasteiger partial charge is 0.232 e. The monoisotopic (exact) mass is 355 g/mol. The molecule has 1 fully saturated rings. The van der Waals surface area contributed by atoms with Crippen molar-refractivity contribution in [3.8, 4) is 5.88 Å². The summed E-state index contributed by atoms with van der Waals surface area (Å²) in [7, 11) is 1.61. The molecule has 3 rings (SSSR count). The minimum absolute atomic E-state index is 0.567. The van der Waals surface area contributed by atoms with E-state index in [0.717, 1.165) is 35.8 Å². The highest BCUT2D eigenvalue weighted by Gasteiger charge is 2.21. The minimum Gasteiger partial charge on any atom is -0.480 e. The zero-order valence-electron chi connectivity index (χ0n) is 11.0. The van der Waals surface area contributed by atoms with Crippen LogP contribution in [0.25, 0.3) is 0 Å². The van der Waals surface area contributed by atoms with Gasteiger partial charge in [0.1, 0.15) is 0 Å². The average Bonchev–Trinajstić information content (AvgIpc) is 3.02. The van der Waals surface area contributed by atoms with Crippen molar-refractivity contribution in [2.75, 3.05) is 43.1 Å². The summed E-state index contributed by atoms with van der Waals surface area (Å²) in [6, 6.07) is 0. The van der Waals surface area contributed by atoms with E-state index in [1.807, 2.05) is 11.6 Å². The van der Waals surface area contributed by atoms with Gasteiger partial charge in [0.25, 0.3) is 0 Å². The second kappa shape index (κ2) is 5.92. The number of methoxy groups -OCH3 is 1. The van der Waals surface area contributed by atoms with Crippen LogP contribution in [0.15, 0.2) is 22.2 Å². The molecule has 0 aromatic carbocycles. The minimum atomic E-state index is 0.567. The van der Waals surface area contributed by atoms with Crippen molar-refractivity contribution in [2.45, 2.75) is 0 Å². The summed E-state index contributed by atoms with van der Waals surface area (Å²) in [5, 5.41) is 3.09. The van der Waals surface area contributed by atoms with Gasteiger partial charge in [-0.2, -0.15) is 4.98 Å². The van der Waals surface area contributed by atoms with E-state index in [1.165, 1.54) is 0 Å². The van der Waals surface area contributed by atoms with Gasteiger partial charge in [-0.1, -0.05) is 0 Å². The van der Waals surface area contributed by atoms with Gasteiger partial charge in [-0.05, 0) is 15.9 Å². The summed E-state index contributed by atoms with van der Waals surface area (Å²) in [6.07, 6.45) is 3.57. The average molecular weight is 356 g/mol. The van der Waals surface area contributed by atoms with Gasteiger partial charge >= 0.3 is 0 Å². The number of hydrogen-bond acceptors (Lipinski definition) is 7. The van der Waals surface area contributed by atoms with E-state index in [9.17, 15) is 0 Å². The third-order valence-electron chi connectivity index (χ3n) is 3.14. The Morgan fingerprint density at radius 1 is 1.20 bits per heavy atom. The fraction of sp³-hybridized carbons (Fsp3) is 0.417. The van der Waals surface area contributed by atoms with Crippen molar-refractivity contribution in [1.29, 1.82) is 0 Å². The van der Waals surface area contributed by atoms with Crippen LogP contribution in [0.4, 0.5) is 11.1 Å². The maximum atomic E-state index is 5.21. The molecule has 0 amide bonds. The van der Waals surface area contributed by atoms with Crippen molar-refractivity contribution in [1.82, 2.24) is 15.0 Å². The second-order valence-corrected chi connectivity index (χ2v) is 6.04. The molecule has 0 bridgehead atoms. The second-order valence-electron chi connectivity index (χ2n) is 4.32. The number of rotatable bonds is 3. The Hall–Kier alpha value is -1.41. The number of anilines is 2. The van der Waals surface area contributed by atoms with Gasteiger partial charge in [0, 0.05) is 37.8 Å². The van der Waals surface area contributed by atoms with Crippen molar-refractivity contribution < 1.29 is 4.74 Å². The Morgan fingerprint density at radius 3 is 2.60 bits per heavy atom. The number of piperazine rings is 1. The quantitative estimate of drug-likeness (QED) is 0.839. The van der Waals surface area contributed by atoms with Crippen molar-refractivity contribution in [3.63, 3.8) is 0 Å². The molecule has 6 nitrogen and oxygen atoms in total. The van der Waals surface area contributed by atoms with E-state index < -0.39 is 0 Å². The molecule has 2 aromatic heterocycles. The number of halogens is 1. The van der Waals surface area contributed by atoms with E-state index in [2.05, 4.69) is 40.7 Å². The third-order valence-corrected chi connectivity index (χ3v) is 4.52. The Kier molecular flexibility index (Phi) is 4.02. The van der Waals surface area contributed by atoms with E-state index in [-0.39, 0.29) is 0 Å². The van der Waals surface area contributed by atoms with Crippen LogP contribution in [-0.4, -0.2) is 48.2 Å². The van der Waals surface area contributed by atoms with Gasteiger partial charge in [0.15, 0.2) is 5.13 Å². The van der Waals surface area contributed by atoms with Crippen LogP contribution in [0.5, 0.6) is 5.88 Å². The van der Waals surface area contributed by atoms with Crippen molar-refractivity contribution in [2.24, 2.45) is 0 Å². The molecule has 20 heavy (non-hydrogen) atoms. The Labute approximate surface area is 129 Å². The highest BCUT2D eigenvalue weighted by atomic mass is 79.9. The predicted octanol–water partition coefficient (Wildman–Crippen LogP) is 2.03. The van der Waals surface area contributed by atoms with E-state index in [0.29, 0.717) is 11.8 Å². The summed E-state index contributed by atoms with van der Waals surface area (Å²) in [6.45, 7) is 3.61. The van der Waals surface area contributed by atoms with Gasteiger partial charge in [-0.3, -0.25) is 0 Å². The molecule has 1 aliphatic heterocycles. The fourth-order valence-corrected chi connectivity index (χ4v) is 3.16. The first kappa shape index (κ1) is 13.6. The predicted molar refractivity (Wildman–Crippen MR) is 82.8 cm³/mol. The molecule has 3 heterocycles. The lowest BCUT2D eigenvalue weighted by molar-refractivity contribution is 0.393. The first-order valence-corrected chi connectivity index (χ1v) is 7.91. The summed E-state index contributed by atoms with van der Waals surface area (Å²) < 4.78 is 5.98. The van der Waals surface area contributed by atoms with Gasteiger partial charge in [-0.15, -0.1) is 11.3 Å². The zero-order valence-corrected chi connectivity index (χ0v) is 13.4. The molecule has 106 valence electrons. The number of hydrogen-bond donors (Lipinski definition) is 0. The van der Waals surface area contributed by atoms with Crippen LogP contribution in [0.2, 0.25) is 0 Å². The van der Waals surface area contributed by atoms with Crippen LogP contribution in [0.3, 0.4) is 0 Å². The number of ether oxygens (including phenoxy) is 1. The Morgan fingerprint density at radius 2 is 1.95 bits per heavy atom. The van der Waals surface area contributed by atoms with Crippen LogP contribution >= 0.6 is 27.3 Å². The van der Waals surface area contributed by atoms with E-state index >= 15 is 0 Å². The molecule has 2 aromatic rings. The summed E-state index contributed by atoms with van der Waals surface area (Å²) in [5.74, 6) is 1.28. The molecule has 0 aliphatic carbocycles. The van der Waals surface area contributed by atoms with Crippen molar-refractivity contribution in [3.05, 3.63) is 22.2 Å².